The van der Waals surface area contributed by atoms with E-state index in [1.807, 2.05) is 0 Å². The van der Waals surface area contributed by atoms with Crippen LogP contribution in [0.15, 0.2) is 28.9 Å². The predicted molar refractivity (Wildman–Crippen MR) is 75.6 cm³/mol. The molecule has 0 aliphatic heterocycles. The molecule has 0 unspecified atom stereocenters. The molecular formula is C13H14ClN3O3. The number of nitrogens with zero attached hydrogens (tertiary/aromatic N) is 2. The number of aromatic nitrogens is 1. The zero-order valence-corrected chi connectivity index (χ0v) is 11.7. The number of rotatable bonds is 6. The van der Waals surface area contributed by atoms with Gasteiger partial charge in [0, 0.05) is 12.6 Å². The quantitative estimate of drug-likeness (QED) is 0.502. The Labute approximate surface area is 120 Å². The molecule has 2 rings (SSSR count). The summed E-state index contributed by atoms with van der Waals surface area (Å²) in [6, 6.07) is 4.47. The highest BCUT2D eigenvalue weighted by Crippen LogP contribution is 2.35. The summed E-state index contributed by atoms with van der Waals surface area (Å²) in [6.45, 7) is 3.48. The fraction of sp³-hybridized carbons (Fsp3) is 0.308. The monoisotopic (exact) mass is 295 g/mol. The van der Waals surface area contributed by atoms with Crippen LogP contribution >= 0.6 is 11.6 Å². The van der Waals surface area contributed by atoms with Gasteiger partial charge in [0.1, 0.15) is 11.8 Å². The third-order valence-corrected chi connectivity index (χ3v) is 3.00. The highest BCUT2D eigenvalue weighted by molar-refractivity contribution is 6.33. The topological polar surface area (TPSA) is 81.2 Å². The third kappa shape index (κ3) is 3.15. The van der Waals surface area contributed by atoms with Crippen LogP contribution in [-0.2, 0) is 6.54 Å². The molecule has 1 N–H and O–H groups in total. The smallest absolute Gasteiger partial charge is 0.283 e. The second-order valence-corrected chi connectivity index (χ2v) is 4.62. The maximum atomic E-state index is 11.0. The van der Waals surface area contributed by atoms with Gasteiger partial charge in [-0.15, -0.1) is 0 Å². The van der Waals surface area contributed by atoms with Gasteiger partial charge >= 0.3 is 0 Å². The Kier molecular flexibility index (Phi) is 4.70. The zero-order chi connectivity index (χ0) is 14.5. The molecule has 6 nitrogen and oxygen atoms in total. The summed E-state index contributed by atoms with van der Waals surface area (Å²) in [4.78, 5) is 14.8. The summed E-state index contributed by atoms with van der Waals surface area (Å²) in [6.07, 6.45) is 2.49. The predicted octanol–water partition coefficient (Wildman–Crippen LogP) is 3.40. The first-order chi connectivity index (χ1) is 9.63. The number of oxazole rings is 1. The molecule has 1 aromatic carbocycles. The number of benzene rings is 1. The molecule has 0 spiro atoms. The molecule has 0 aliphatic rings. The van der Waals surface area contributed by atoms with Gasteiger partial charge in [0.2, 0.25) is 5.89 Å². The summed E-state index contributed by atoms with van der Waals surface area (Å²) in [5.41, 5.74) is 0.774. The molecule has 7 heteroatoms. The van der Waals surface area contributed by atoms with Crippen LogP contribution in [0.4, 0.5) is 5.69 Å². The molecule has 20 heavy (non-hydrogen) atoms. The number of nitro groups is 1. The summed E-state index contributed by atoms with van der Waals surface area (Å²) >= 11 is 6.02. The molecule has 2 aromatic rings. The Hall–Kier alpha value is -1.92. The van der Waals surface area contributed by atoms with Gasteiger partial charge in [-0.25, -0.2) is 4.98 Å². The second-order valence-electron chi connectivity index (χ2n) is 4.21. The molecule has 0 bridgehead atoms. The summed E-state index contributed by atoms with van der Waals surface area (Å²) < 4.78 is 5.31. The van der Waals surface area contributed by atoms with Gasteiger partial charge in [-0.1, -0.05) is 24.6 Å². The van der Waals surface area contributed by atoms with Crippen molar-refractivity contribution < 1.29 is 9.34 Å². The van der Waals surface area contributed by atoms with Crippen LogP contribution in [0.3, 0.4) is 0 Å². The number of halogens is 1. The minimum Gasteiger partial charge on any atom is -0.444 e. The van der Waals surface area contributed by atoms with Gasteiger partial charge in [-0.3, -0.25) is 10.1 Å². The SMILES string of the molecule is CCCNCc1coc(-c2c(Cl)cccc2[N+](=O)[O-])n1. The van der Waals surface area contributed by atoms with Crippen molar-refractivity contribution in [3.8, 4) is 11.5 Å². The zero-order valence-electron chi connectivity index (χ0n) is 10.9. The molecule has 1 aromatic heterocycles. The minimum absolute atomic E-state index is 0.118. The normalized spacial score (nSPS) is 10.7. The fourth-order valence-electron chi connectivity index (χ4n) is 1.77. The molecule has 1 heterocycles. The van der Waals surface area contributed by atoms with Crippen molar-refractivity contribution in [3.05, 3.63) is 45.3 Å². The van der Waals surface area contributed by atoms with E-state index >= 15 is 0 Å². The van der Waals surface area contributed by atoms with Crippen LogP contribution in [0.2, 0.25) is 5.02 Å². The Morgan fingerprint density at radius 2 is 2.30 bits per heavy atom. The molecule has 0 fully saturated rings. The van der Waals surface area contributed by atoms with Gasteiger partial charge in [-0.05, 0) is 19.0 Å². The van der Waals surface area contributed by atoms with E-state index in [2.05, 4.69) is 17.2 Å². The lowest BCUT2D eigenvalue weighted by atomic mass is 10.2. The van der Waals surface area contributed by atoms with E-state index < -0.39 is 4.92 Å². The Morgan fingerprint density at radius 3 is 3.00 bits per heavy atom. The number of hydrogen-bond acceptors (Lipinski definition) is 5. The van der Waals surface area contributed by atoms with Gasteiger partial charge in [0.15, 0.2) is 0 Å². The minimum atomic E-state index is -0.500. The summed E-state index contributed by atoms with van der Waals surface area (Å²) in [5, 5.41) is 14.5. The van der Waals surface area contributed by atoms with Crippen LogP contribution in [0.25, 0.3) is 11.5 Å². The molecule has 0 saturated heterocycles. The van der Waals surface area contributed by atoms with Crippen molar-refractivity contribution >= 4 is 17.3 Å². The van der Waals surface area contributed by atoms with E-state index in [4.69, 9.17) is 16.0 Å². The van der Waals surface area contributed by atoms with Crippen molar-refractivity contribution in [2.75, 3.05) is 6.54 Å². The van der Waals surface area contributed by atoms with Crippen molar-refractivity contribution in [1.82, 2.24) is 10.3 Å². The van der Waals surface area contributed by atoms with Crippen molar-refractivity contribution in [3.63, 3.8) is 0 Å². The van der Waals surface area contributed by atoms with Gasteiger partial charge in [0.05, 0.1) is 15.6 Å². The molecule has 0 aliphatic carbocycles. The van der Waals surface area contributed by atoms with Gasteiger partial charge < -0.3 is 9.73 Å². The molecule has 0 atom stereocenters. The number of nitrogens with one attached hydrogen (secondary N) is 1. The van der Waals surface area contributed by atoms with E-state index in [1.165, 1.54) is 18.4 Å². The highest BCUT2D eigenvalue weighted by Gasteiger charge is 2.22. The first kappa shape index (κ1) is 14.5. The first-order valence-electron chi connectivity index (χ1n) is 6.22. The average Bonchev–Trinajstić information content (AvgIpc) is 2.87. The molecule has 106 valence electrons. The van der Waals surface area contributed by atoms with Gasteiger partial charge in [0.25, 0.3) is 5.69 Å². The number of hydrogen-bond donors (Lipinski definition) is 1. The van der Waals surface area contributed by atoms with Crippen molar-refractivity contribution in [1.29, 1.82) is 0 Å². The first-order valence-corrected chi connectivity index (χ1v) is 6.59. The van der Waals surface area contributed by atoms with Crippen LogP contribution in [-0.4, -0.2) is 16.5 Å². The third-order valence-electron chi connectivity index (χ3n) is 2.69. The Bertz CT molecular complexity index is 613. The van der Waals surface area contributed by atoms with Crippen LogP contribution in [0, 0.1) is 10.1 Å². The lowest BCUT2D eigenvalue weighted by Crippen LogP contribution is -2.13. The summed E-state index contributed by atoms with van der Waals surface area (Å²) in [5.74, 6) is 0.163. The van der Waals surface area contributed by atoms with Crippen LogP contribution in [0.1, 0.15) is 19.0 Å². The average molecular weight is 296 g/mol. The van der Waals surface area contributed by atoms with E-state index in [9.17, 15) is 10.1 Å². The maximum Gasteiger partial charge on any atom is 0.283 e. The largest absolute Gasteiger partial charge is 0.444 e. The van der Waals surface area contributed by atoms with Crippen molar-refractivity contribution in [2.45, 2.75) is 19.9 Å². The standard InChI is InChI=1S/C13H14ClN3O3/c1-2-6-15-7-9-8-20-13(16-9)12-10(14)4-3-5-11(12)17(18)19/h3-5,8,15H,2,6-7H2,1H3. The lowest BCUT2D eigenvalue weighted by Gasteiger charge is -2.01. The molecule has 0 radical (unpaired) electrons. The Morgan fingerprint density at radius 1 is 1.50 bits per heavy atom. The van der Waals surface area contributed by atoms with E-state index in [-0.39, 0.29) is 22.2 Å². The molecule has 0 amide bonds. The van der Waals surface area contributed by atoms with Crippen molar-refractivity contribution in [2.24, 2.45) is 0 Å². The fourth-order valence-corrected chi connectivity index (χ4v) is 2.02. The molecule has 0 saturated carbocycles. The molecular weight excluding hydrogens is 282 g/mol. The Balaban J connectivity index is 2.30. The van der Waals surface area contributed by atoms with Crippen LogP contribution < -0.4 is 5.32 Å². The van der Waals surface area contributed by atoms with Crippen LogP contribution in [0.5, 0.6) is 0 Å². The second kappa shape index (κ2) is 6.49. The lowest BCUT2D eigenvalue weighted by molar-refractivity contribution is -0.384. The van der Waals surface area contributed by atoms with Gasteiger partial charge in [-0.2, -0.15) is 0 Å². The maximum absolute atomic E-state index is 11.0. The van der Waals surface area contributed by atoms with E-state index in [1.54, 1.807) is 6.07 Å². The summed E-state index contributed by atoms with van der Waals surface area (Å²) in [7, 11) is 0. The highest BCUT2D eigenvalue weighted by atomic mass is 35.5. The number of nitro benzene ring substituents is 1. The van der Waals surface area contributed by atoms with E-state index in [0.717, 1.165) is 13.0 Å². The van der Waals surface area contributed by atoms with E-state index in [0.29, 0.717) is 12.2 Å².